The van der Waals surface area contributed by atoms with E-state index in [2.05, 4.69) is 0 Å². The largest absolute Gasteiger partial charge is 0.340 e. The van der Waals surface area contributed by atoms with E-state index in [-0.39, 0.29) is 29.7 Å². The number of hydrogen-bond acceptors (Lipinski definition) is 3. The Morgan fingerprint density at radius 1 is 1.00 bits per heavy atom. The lowest BCUT2D eigenvalue weighted by atomic mass is 10.1. The number of hydrogen-bond donors (Lipinski definition) is 0. The lowest BCUT2D eigenvalue weighted by Gasteiger charge is -2.22. The molecule has 1 saturated heterocycles. The van der Waals surface area contributed by atoms with Crippen molar-refractivity contribution in [1.82, 2.24) is 9.80 Å². The number of likely N-dealkylation sites (tertiary alicyclic amines) is 1. The van der Waals surface area contributed by atoms with Crippen molar-refractivity contribution in [3.63, 3.8) is 0 Å². The molecule has 0 bridgehead atoms. The summed E-state index contributed by atoms with van der Waals surface area (Å²) in [5.74, 6) is -0.0670. The van der Waals surface area contributed by atoms with Crippen LogP contribution in [0, 0.1) is 5.92 Å². The zero-order chi connectivity index (χ0) is 14.6. The molecule has 1 unspecified atom stereocenters. The van der Waals surface area contributed by atoms with E-state index in [4.69, 9.17) is 0 Å². The van der Waals surface area contributed by atoms with Gasteiger partial charge >= 0.3 is 0 Å². The molecule has 1 saturated carbocycles. The third-order valence-corrected chi connectivity index (χ3v) is 4.59. The predicted octanol–water partition coefficient (Wildman–Crippen LogP) is 1.29. The average molecular weight is 284 g/mol. The van der Waals surface area contributed by atoms with Crippen LogP contribution >= 0.6 is 0 Å². The summed E-state index contributed by atoms with van der Waals surface area (Å²) in [7, 11) is 0. The van der Waals surface area contributed by atoms with Crippen molar-refractivity contribution >= 4 is 17.7 Å². The van der Waals surface area contributed by atoms with Crippen LogP contribution in [0.2, 0.25) is 0 Å². The first kappa shape index (κ1) is 12.6. The molecule has 3 aliphatic rings. The van der Waals surface area contributed by atoms with Gasteiger partial charge in [-0.15, -0.1) is 0 Å². The molecule has 2 fully saturated rings. The number of carbonyl (C=O) groups is 3. The molecule has 2 aliphatic heterocycles. The number of fused-ring (bicyclic) bond motifs is 1. The number of imide groups is 1. The summed E-state index contributed by atoms with van der Waals surface area (Å²) >= 11 is 0. The van der Waals surface area contributed by atoms with E-state index < -0.39 is 0 Å². The molecular formula is C16H16N2O3. The highest BCUT2D eigenvalue weighted by Gasteiger charge is 2.44. The molecule has 2 heterocycles. The normalized spacial score (nSPS) is 24.7. The molecule has 1 aromatic rings. The molecule has 5 nitrogen and oxygen atoms in total. The zero-order valence-electron chi connectivity index (χ0n) is 11.6. The molecule has 4 rings (SSSR count). The second-order valence-corrected chi connectivity index (χ2v) is 6.03. The minimum absolute atomic E-state index is 0.180. The summed E-state index contributed by atoms with van der Waals surface area (Å²) in [4.78, 5) is 40.1. The van der Waals surface area contributed by atoms with Gasteiger partial charge < -0.3 is 4.90 Å². The van der Waals surface area contributed by atoms with Crippen molar-refractivity contribution in [3.05, 3.63) is 35.4 Å². The smallest absolute Gasteiger partial charge is 0.261 e. The van der Waals surface area contributed by atoms with Gasteiger partial charge in [-0.1, -0.05) is 12.1 Å². The minimum atomic E-state index is -0.221. The van der Waals surface area contributed by atoms with Crippen LogP contribution in [0.4, 0.5) is 0 Å². The molecule has 1 atom stereocenters. The number of rotatable bonds is 2. The van der Waals surface area contributed by atoms with Gasteiger partial charge in [0.25, 0.3) is 11.8 Å². The van der Waals surface area contributed by atoms with Crippen molar-refractivity contribution < 1.29 is 14.4 Å². The fraction of sp³-hybridized carbons (Fsp3) is 0.438. The highest BCUT2D eigenvalue weighted by Crippen LogP contribution is 2.34. The van der Waals surface area contributed by atoms with E-state index >= 15 is 0 Å². The summed E-state index contributed by atoms with van der Waals surface area (Å²) in [6.07, 6.45) is 2.64. The zero-order valence-corrected chi connectivity index (χ0v) is 11.6. The van der Waals surface area contributed by atoms with E-state index in [0.717, 1.165) is 12.8 Å². The summed E-state index contributed by atoms with van der Waals surface area (Å²) in [6.45, 7) is 1.13. The van der Waals surface area contributed by atoms with E-state index in [9.17, 15) is 14.4 Å². The molecule has 3 amide bonds. The van der Waals surface area contributed by atoms with E-state index in [1.807, 2.05) is 4.90 Å². The molecule has 21 heavy (non-hydrogen) atoms. The molecule has 0 spiro atoms. The lowest BCUT2D eigenvalue weighted by Crippen LogP contribution is -2.42. The molecular weight excluding hydrogens is 268 g/mol. The summed E-state index contributed by atoms with van der Waals surface area (Å²) in [5, 5.41) is 0. The van der Waals surface area contributed by atoms with Gasteiger partial charge in [0.05, 0.1) is 17.2 Å². The van der Waals surface area contributed by atoms with Crippen LogP contribution in [-0.2, 0) is 4.79 Å². The maximum Gasteiger partial charge on any atom is 0.261 e. The van der Waals surface area contributed by atoms with Gasteiger partial charge in [-0.05, 0) is 31.4 Å². The Bertz CT molecular complexity index is 616. The molecule has 108 valence electrons. The van der Waals surface area contributed by atoms with Crippen LogP contribution in [-0.4, -0.2) is 46.7 Å². The molecule has 0 N–H and O–H groups in total. The van der Waals surface area contributed by atoms with Crippen molar-refractivity contribution in [1.29, 1.82) is 0 Å². The monoisotopic (exact) mass is 284 g/mol. The van der Waals surface area contributed by atoms with E-state index in [0.29, 0.717) is 30.6 Å². The third kappa shape index (κ3) is 1.87. The van der Waals surface area contributed by atoms with Crippen LogP contribution in [0.15, 0.2) is 24.3 Å². The molecule has 1 aromatic carbocycles. The Morgan fingerprint density at radius 3 is 2.19 bits per heavy atom. The van der Waals surface area contributed by atoms with Gasteiger partial charge in [-0.3, -0.25) is 19.3 Å². The first-order valence-corrected chi connectivity index (χ1v) is 7.42. The Hall–Kier alpha value is -2.17. The number of amides is 3. The fourth-order valence-corrected chi connectivity index (χ4v) is 3.28. The molecule has 0 aromatic heterocycles. The summed E-state index contributed by atoms with van der Waals surface area (Å²) in [6, 6.07) is 6.74. The number of carbonyl (C=O) groups excluding carboxylic acids is 3. The molecule has 1 aliphatic carbocycles. The Morgan fingerprint density at radius 2 is 1.62 bits per heavy atom. The SMILES string of the molecule is O=C(C1CC1)N1CCC(N2C(=O)c3ccccc3C2=O)C1. The maximum atomic E-state index is 12.4. The van der Waals surface area contributed by atoms with E-state index in [1.54, 1.807) is 24.3 Å². The van der Waals surface area contributed by atoms with Gasteiger partial charge in [-0.2, -0.15) is 0 Å². The highest BCUT2D eigenvalue weighted by atomic mass is 16.2. The predicted molar refractivity (Wildman–Crippen MR) is 74.7 cm³/mol. The average Bonchev–Trinajstić information content (AvgIpc) is 3.19. The molecule has 5 heteroatoms. The van der Waals surface area contributed by atoms with Crippen molar-refractivity contribution in [2.45, 2.75) is 25.3 Å². The van der Waals surface area contributed by atoms with Crippen molar-refractivity contribution in [2.75, 3.05) is 13.1 Å². The van der Waals surface area contributed by atoms with Gasteiger partial charge in [-0.25, -0.2) is 0 Å². The van der Waals surface area contributed by atoms with Crippen molar-refractivity contribution in [2.24, 2.45) is 5.92 Å². The number of nitrogens with zero attached hydrogens (tertiary/aromatic N) is 2. The van der Waals surface area contributed by atoms with Gasteiger partial charge in [0.15, 0.2) is 0 Å². The second-order valence-electron chi connectivity index (χ2n) is 6.03. The van der Waals surface area contributed by atoms with E-state index in [1.165, 1.54) is 4.90 Å². The Labute approximate surface area is 122 Å². The maximum absolute atomic E-state index is 12.4. The fourth-order valence-electron chi connectivity index (χ4n) is 3.28. The summed E-state index contributed by atoms with van der Waals surface area (Å²) in [5.41, 5.74) is 0.962. The lowest BCUT2D eigenvalue weighted by molar-refractivity contribution is -0.131. The quantitative estimate of drug-likeness (QED) is 0.769. The van der Waals surface area contributed by atoms with Crippen LogP contribution in [0.5, 0.6) is 0 Å². The highest BCUT2D eigenvalue weighted by molar-refractivity contribution is 6.21. The van der Waals surface area contributed by atoms with Crippen LogP contribution < -0.4 is 0 Å². The van der Waals surface area contributed by atoms with Gasteiger partial charge in [0.1, 0.15) is 0 Å². The standard InChI is InChI=1S/C16H16N2O3/c19-14(10-5-6-10)17-8-7-11(9-17)18-15(20)12-3-1-2-4-13(12)16(18)21/h1-4,10-11H,5-9H2. The summed E-state index contributed by atoms with van der Waals surface area (Å²) < 4.78 is 0. The van der Waals surface area contributed by atoms with Gasteiger partial charge in [0.2, 0.25) is 5.91 Å². The van der Waals surface area contributed by atoms with Crippen molar-refractivity contribution in [3.8, 4) is 0 Å². The first-order valence-electron chi connectivity index (χ1n) is 7.42. The second kappa shape index (κ2) is 4.41. The topological polar surface area (TPSA) is 57.7 Å². The first-order chi connectivity index (χ1) is 10.2. The van der Waals surface area contributed by atoms with Crippen LogP contribution in [0.3, 0.4) is 0 Å². The Balaban J connectivity index is 1.54. The molecule has 0 radical (unpaired) electrons. The van der Waals surface area contributed by atoms with Gasteiger partial charge in [0, 0.05) is 19.0 Å². The third-order valence-electron chi connectivity index (χ3n) is 4.59. The minimum Gasteiger partial charge on any atom is -0.340 e. The van der Waals surface area contributed by atoms with Crippen LogP contribution in [0.25, 0.3) is 0 Å². The number of benzene rings is 1. The van der Waals surface area contributed by atoms with Crippen LogP contribution in [0.1, 0.15) is 40.0 Å². The Kier molecular flexibility index (Phi) is 2.64.